The number of nitrogens with two attached hydrogens (primary N) is 1. The SMILES string of the molecule is CCCC[C@@](N)(C(=O)O)c1cccs1. The van der Waals surface area contributed by atoms with Crippen LogP contribution < -0.4 is 5.73 Å². The van der Waals surface area contributed by atoms with Crippen molar-refractivity contribution >= 4 is 17.3 Å². The lowest BCUT2D eigenvalue weighted by Crippen LogP contribution is -2.44. The van der Waals surface area contributed by atoms with Gasteiger partial charge in [-0.2, -0.15) is 0 Å². The van der Waals surface area contributed by atoms with Crippen LogP contribution in [-0.2, 0) is 10.3 Å². The maximum absolute atomic E-state index is 11.1. The van der Waals surface area contributed by atoms with Crippen LogP contribution in [0.4, 0.5) is 0 Å². The molecule has 0 aromatic carbocycles. The van der Waals surface area contributed by atoms with Crippen LogP contribution in [0.3, 0.4) is 0 Å². The second-order valence-electron chi connectivity index (χ2n) is 3.36. The summed E-state index contributed by atoms with van der Waals surface area (Å²) in [5.74, 6) is -0.937. The molecule has 0 saturated carbocycles. The molecule has 3 N–H and O–H groups in total. The van der Waals surface area contributed by atoms with E-state index in [1.807, 2.05) is 18.4 Å². The van der Waals surface area contributed by atoms with E-state index >= 15 is 0 Å². The molecule has 0 radical (unpaired) electrons. The van der Waals surface area contributed by atoms with Crippen LogP contribution in [0, 0.1) is 0 Å². The van der Waals surface area contributed by atoms with E-state index in [0.717, 1.165) is 17.7 Å². The zero-order chi connectivity index (χ0) is 10.6. The second-order valence-corrected chi connectivity index (χ2v) is 4.31. The molecular weight excluding hydrogens is 198 g/mol. The van der Waals surface area contributed by atoms with E-state index in [2.05, 4.69) is 0 Å². The van der Waals surface area contributed by atoms with Gasteiger partial charge in [0, 0.05) is 4.88 Å². The van der Waals surface area contributed by atoms with Crippen LogP contribution in [-0.4, -0.2) is 11.1 Å². The summed E-state index contributed by atoms with van der Waals surface area (Å²) >= 11 is 1.40. The number of hydrogen-bond donors (Lipinski definition) is 2. The molecule has 0 aliphatic rings. The summed E-state index contributed by atoms with van der Waals surface area (Å²) < 4.78 is 0. The van der Waals surface area contributed by atoms with Gasteiger partial charge in [0.2, 0.25) is 0 Å². The van der Waals surface area contributed by atoms with Crippen molar-refractivity contribution in [2.45, 2.75) is 31.7 Å². The number of thiophene rings is 1. The molecule has 0 unspecified atom stereocenters. The van der Waals surface area contributed by atoms with E-state index < -0.39 is 11.5 Å². The van der Waals surface area contributed by atoms with Crippen LogP contribution in [0.15, 0.2) is 17.5 Å². The normalized spacial score (nSPS) is 15.0. The Labute approximate surface area is 87.6 Å². The number of hydrogen-bond acceptors (Lipinski definition) is 3. The maximum atomic E-state index is 11.1. The van der Waals surface area contributed by atoms with Crippen molar-refractivity contribution < 1.29 is 9.90 Å². The lowest BCUT2D eigenvalue weighted by Gasteiger charge is -2.22. The fourth-order valence-corrected chi connectivity index (χ4v) is 2.18. The van der Waals surface area contributed by atoms with Crippen molar-refractivity contribution in [3.8, 4) is 0 Å². The molecule has 0 saturated heterocycles. The number of aliphatic carboxylic acids is 1. The minimum Gasteiger partial charge on any atom is -0.480 e. The summed E-state index contributed by atoms with van der Waals surface area (Å²) in [5.41, 5.74) is 4.71. The molecule has 1 rings (SSSR count). The third kappa shape index (κ3) is 2.13. The minimum atomic E-state index is -1.19. The van der Waals surface area contributed by atoms with Gasteiger partial charge in [0.15, 0.2) is 0 Å². The lowest BCUT2D eigenvalue weighted by atomic mass is 9.92. The van der Waals surface area contributed by atoms with Crippen molar-refractivity contribution in [2.75, 3.05) is 0 Å². The molecule has 4 heteroatoms. The highest BCUT2D eigenvalue weighted by atomic mass is 32.1. The first-order valence-electron chi connectivity index (χ1n) is 4.67. The topological polar surface area (TPSA) is 63.3 Å². The Morgan fingerprint density at radius 1 is 1.71 bits per heavy atom. The first-order valence-corrected chi connectivity index (χ1v) is 5.55. The summed E-state index contributed by atoms with van der Waals surface area (Å²) in [6.45, 7) is 2.02. The Kier molecular flexibility index (Phi) is 3.66. The van der Waals surface area contributed by atoms with Crippen LogP contribution >= 0.6 is 11.3 Å². The van der Waals surface area contributed by atoms with E-state index in [9.17, 15) is 4.79 Å². The number of carboxylic acid groups (broad SMARTS) is 1. The fourth-order valence-electron chi connectivity index (χ4n) is 1.32. The smallest absolute Gasteiger partial charge is 0.329 e. The van der Waals surface area contributed by atoms with E-state index in [0.29, 0.717) is 6.42 Å². The molecule has 0 amide bonds. The molecule has 14 heavy (non-hydrogen) atoms. The average molecular weight is 213 g/mol. The second kappa shape index (κ2) is 4.57. The zero-order valence-corrected chi connectivity index (χ0v) is 9.01. The molecule has 1 atom stereocenters. The van der Waals surface area contributed by atoms with Crippen LogP contribution in [0.5, 0.6) is 0 Å². The first-order chi connectivity index (χ1) is 6.61. The Morgan fingerprint density at radius 3 is 2.86 bits per heavy atom. The van der Waals surface area contributed by atoms with E-state index in [1.54, 1.807) is 6.07 Å². The largest absolute Gasteiger partial charge is 0.480 e. The standard InChI is InChI=1S/C10H15NO2S/c1-2-3-6-10(11,9(12)13)8-5-4-7-14-8/h4-5,7H,2-3,6,11H2,1H3,(H,12,13)/t10-/m0/s1. The Balaban J connectivity index is 2.87. The molecule has 1 aromatic heterocycles. The van der Waals surface area contributed by atoms with E-state index in [-0.39, 0.29) is 0 Å². The monoisotopic (exact) mass is 213 g/mol. The molecule has 0 fully saturated rings. The number of carboxylic acids is 1. The minimum absolute atomic E-state index is 0.499. The maximum Gasteiger partial charge on any atom is 0.329 e. The predicted octanol–water partition coefficient (Wildman–Crippen LogP) is 2.18. The van der Waals surface area contributed by atoms with Crippen molar-refractivity contribution in [1.82, 2.24) is 0 Å². The molecule has 0 aliphatic heterocycles. The number of unbranched alkanes of at least 4 members (excludes halogenated alkanes) is 1. The van der Waals surface area contributed by atoms with Gasteiger partial charge in [0.05, 0.1) is 0 Å². The average Bonchev–Trinajstić information content (AvgIpc) is 2.66. The van der Waals surface area contributed by atoms with Gasteiger partial charge < -0.3 is 10.8 Å². The molecule has 1 aromatic rings. The Morgan fingerprint density at radius 2 is 2.43 bits per heavy atom. The highest BCUT2D eigenvalue weighted by molar-refractivity contribution is 7.10. The predicted molar refractivity (Wildman–Crippen MR) is 57.3 cm³/mol. The van der Waals surface area contributed by atoms with Crippen LogP contribution in [0.25, 0.3) is 0 Å². The molecule has 78 valence electrons. The highest BCUT2D eigenvalue weighted by Crippen LogP contribution is 2.28. The molecule has 0 aliphatic carbocycles. The van der Waals surface area contributed by atoms with Crippen LogP contribution in [0.2, 0.25) is 0 Å². The van der Waals surface area contributed by atoms with E-state index in [1.165, 1.54) is 11.3 Å². The van der Waals surface area contributed by atoms with Crippen molar-refractivity contribution in [2.24, 2.45) is 5.73 Å². The van der Waals surface area contributed by atoms with E-state index in [4.69, 9.17) is 10.8 Å². The van der Waals surface area contributed by atoms with Crippen molar-refractivity contribution in [3.05, 3.63) is 22.4 Å². The molecule has 3 nitrogen and oxygen atoms in total. The lowest BCUT2D eigenvalue weighted by molar-refractivity contribution is -0.144. The third-order valence-corrected chi connectivity index (χ3v) is 3.31. The Bertz CT molecular complexity index is 297. The van der Waals surface area contributed by atoms with Crippen molar-refractivity contribution in [3.63, 3.8) is 0 Å². The fraction of sp³-hybridized carbons (Fsp3) is 0.500. The van der Waals surface area contributed by atoms with Gasteiger partial charge in [-0.3, -0.25) is 0 Å². The highest BCUT2D eigenvalue weighted by Gasteiger charge is 2.36. The van der Waals surface area contributed by atoms with Gasteiger partial charge in [-0.25, -0.2) is 4.79 Å². The first kappa shape index (κ1) is 11.2. The number of carbonyl (C=O) groups is 1. The van der Waals surface area contributed by atoms with Crippen LogP contribution in [0.1, 0.15) is 31.1 Å². The molecule has 0 bridgehead atoms. The number of rotatable bonds is 5. The summed E-state index contributed by atoms with van der Waals surface area (Å²) in [6.07, 6.45) is 2.29. The van der Waals surface area contributed by atoms with Gasteiger partial charge in [0.25, 0.3) is 0 Å². The molecule has 0 spiro atoms. The Hall–Kier alpha value is -0.870. The van der Waals surface area contributed by atoms with Gasteiger partial charge in [-0.05, 0) is 17.9 Å². The summed E-state index contributed by atoms with van der Waals surface area (Å²) in [5, 5.41) is 11.0. The summed E-state index contributed by atoms with van der Waals surface area (Å²) in [7, 11) is 0. The third-order valence-electron chi connectivity index (χ3n) is 2.27. The van der Waals surface area contributed by atoms with Gasteiger partial charge in [-0.15, -0.1) is 11.3 Å². The summed E-state index contributed by atoms with van der Waals surface area (Å²) in [6, 6.07) is 3.62. The zero-order valence-electron chi connectivity index (χ0n) is 8.19. The quantitative estimate of drug-likeness (QED) is 0.788. The summed E-state index contributed by atoms with van der Waals surface area (Å²) in [4.78, 5) is 11.8. The van der Waals surface area contributed by atoms with Gasteiger partial charge in [-0.1, -0.05) is 25.8 Å². The molecule has 1 heterocycles. The van der Waals surface area contributed by atoms with Gasteiger partial charge in [0.1, 0.15) is 5.54 Å². The van der Waals surface area contributed by atoms with Gasteiger partial charge >= 0.3 is 5.97 Å². The molecular formula is C10H15NO2S. The van der Waals surface area contributed by atoms with Crippen molar-refractivity contribution in [1.29, 1.82) is 0 Å².